The van der Waals surface area contributed by atoms with Gasteiger partial charge in [0.05, 0.1) is 0 Å². The van der Waals surface area contributed by atoms with Crippen LogP contribution >= 0.6 is 23.4 Å². The Labute approximate surface area is 123 Å². The van der Waals surface area contributed by atoms with E-state index in [1.807, 2.05) is 23.9 Å². The summed E-state index contributed by atoms with van der Waals surface area (Å²) in [5.41, 5.74) is 3.85. The van der Waals surface area contributed by atoms with Crippen LogP contribution in [0.25, 0.3) is 0 Å². The highest BCUT2D eigenvalue weighted by Crippen LogP contribution is 2.39. The summed E-state index contributed by atoms with van der Waals surface area (Å²) in [5.74, 6) is 1.74. The molecule has 0 saturated carbocycles. The van der Waals surface area contributed by atoms with E-state index in [1.54, 1.807) is 0 Å². The van der Waals surface area contributed by atoms with Gasteiger partial charge in [0.25, 0.3) is 0 Å². The Hall–Kier alpha value is -1.12. The molecule has 3 rings (SSSR count). The second-order valence-corrected chi connectivity index (χ2v) is 6.38. The minimum Gasteiger partial charge on any atom is -0.384 e. The lowest BCUT2D eigenvalue weighted by atomic mass is 10.0. The lowest BCUT2D eigenvalue weighted by Crippen LogP contribution is -2.12. The molecule has 0 aromatic heterocycles. The predicted octanol–water partition coefficient (Wildman–Crippen LogP) is 4.95. The normalized spacial score (nSPS) is 17.3. The highest BCUT2D eigenvalue weighted by molar-refractivity contribution is 7.99. The van der Waals surface area contributed by atoms with Gasteiger partial charge in [-0.3, -0.25) is 0 Å². The maximum Gasteiger partial charge on any atom is 0.0426 e. The molecule has 1 aliphatic heterocycles. The molecule has 0 bridgehead atoms. The van der Waals surface area contributed by atoms with Gasteiger partial charge in [0.1, 0.15) is 0 Å². The van der Waals surface area contributed by atoms with Crippen LogP contribution in [0.2, 0.25) is 5.02 Å². The second kappa shape index (κ2) is 5.48. The predicted molar refractivity (Wildman–Crippen MR) is 84.6 cm³/mol. The topological polar surface area (TPSA) is 12.0 Å². The first-order valence-corrected chi connectivity index (χ1v) is 7.82. The third-order valence-electron chi connectivity index (χ3n) is 3.54. The van der Waals surface area contributed by atoms with Crippen LogP contribution in [0.15, 0.2) is 47.4 Å². The standard InChI is InChI=1S/C16H16ClNS/c1-11-6-7-13(17)8-15(11)18-9-12-10-19-16-5-3-2-4-14(12)16/h2-8,12,18H,9-10H2,1H3. The third kappa shape index (κ3) is 2.75. The first kappa shape index (κ1) is 12.9. The van der Waals surface area contributed by atoms with Crippen molar-refractivity contribution in [3.8, 4) is 0 Å². The van der Waals surface area contributed by atoms with E-state index < -0.39 is 0 Å². The van der Waals surface area contributed by atoms with Crippen molar-refractivity contribution in [2.24, 2.45) is 0 Å². The van der Waals surface area contributed by atoms with Gasteiger partial charge < -0.3 is 5.32 Å². The van der Waals surface area contributed by atoms with Crippen molar-refractivity contribution in [3.05, 3.63) is 58.6 Å². The van der Waals surface area contributed by atoms with Gasteiger partial charge in [0, 0.05) is 33.8 Å². The maximum atomic E-state index is 6.05. The largest absolute Gasteiger partial charge is 0.384 e. The fourth-order valence-electron chi connectivity index (χ4n) is 2.42. The van der Waals surface area contributed by atoms with Gasteiger partial charge in [0.15, 0.2) is 0 Å². The number of fused-ring (bicyclic) bond motifs is 1. The van der Waals surface area contributed by atoms with Crippen molar-refractivity contribution in [3.63, 3.8) is 0 Å². The van der Waals surface area contributed by atoms with E-state index in [1.165, 1.54) is 16.0 Å². The number of rotatable bonds is 3. The van der Waals surface area contributed by atoms with Gasteiger partial charge in [0.2, 0.25) is 0 Å². The molecule has 1 N–H and O–H groups in total. The SMILES string of the molecule is Cc1ccc(Cl)cc1NCC1CSc2ccccc21. The van der Waals surface area contributed by atoms with E-state index in [9.17, 15) is 0 Å². The van der Waals surface area contributed by atoms with E-state index in [-0.39, 0.29) is 0 Å². The zero-order valence-electron chi connectivity index (χ0n) is 10.8. The van der Waals surface area contributed by atoms with E-state index in [4.69, 9.17) is 11.6 Å². The maximum absolute atomic E-state index is 6.05. The molecule has 0 fully saturated rings. The van der Waals surface area contributed by atoms with Crippen LogP contribution in [0, 0.1) is 6.92 Å². The first-order chi connectivity index (χ1) is 9.24. The van der Waals surface area contributed by atoms with Crippen LogP contribution < -0.4 is 5.32 Å². The van der Waals surface area contributed by atoms with Crippen molar-refractivity contribution in [2.45, 2.75) is 17.7 Å². The van der Waals surface area contributed by atoms with Gasteiger partial charge in [-0.05, 0) is 36.2 Å². The fraction of sp³-hybridized carbons (Fsp3) is 0.250. The molecule has 0 aliphatic carbocycles. The Kier molecular flexibility index (Phi) is 3.72. The molecule has 0 spiro atoms. The summed E-state index contributed by atoms with van der Waals surface area (Å²) in [7, 11) is 0. The molecule has 1 aliphatic rings. The summed E-state index contributed by atoms with van der Waals surface area (Å²) in [4.78, 5) is 1.43. The summed E-state index contributed by atoms with van der Waals surface area (Å²) >= 11 is 8.00. The van der Waals surface area contributed by atoms with Gasteiger partial charge in [-0.25, -0.2) is 0 Å². The molecule has 1 unspecified atom stereocenters. The van der Waals surface area contributed by atoms with Crippen molar-refractivity contribution in [1.82, 2.24) is 0 Å². The third-order valence-corrected chi connectivity index (χ3v) is 5.02. The van der Waals surface area contributed by atoms with Crippen molar-refractivity contribution in [2.75, 3.05) is 17.6 Å². The van der Waals surface area contributed by atoms with E-state index in [0.717, 1.165) is 23.0 Å². The zero-order chi connectivity index (χ0) is 13.2. The highest BCUT2D eigenvalue weighted by Gasteiger charge is 2.22. The molecule has 3 heteroatoms. The molecule has 2 aromatic carbocycles. The summed E-state index contributed by atoms with van der Waals surface area (Å²) in [6.07, 6.45) is 0. The molecule has 2 aromatic rings. The summed E-state index contributed by atoms with van der Waals surface area (Å²) < 4.78 is 0. The summed E-state index contributed by atoms with van der Waals surface area (Å²) in [6.45, 7) is 3.07. The zero-order valence-corrected chi connectivity index (χ0v) is 12.4. The number of thioether (sulfide) groups is 1. The monoisotopic (exact) mass is 289 g/mol. The Morgan fingerprint density at radius 3 is 3.00 bits per heavy atom. The lowest BCUT2D eigenvalue weighted by molar-refractivity contribution is 0.818. The molecule has 1 atom stereocenters. The Morgan fingerprint density at radius 2 is 2.11 bits per heavy atom. The highest BCUT2D eigenvalue weighted by atomic mass is 35.5. The minimum absolute atomic E-state index is 0.583. The molecule has 1 nitrogen and oxygen atoms in total. The van der Waals surface area contributed by atoms with Gasteiger partial charge >= 0.3 is 0 Å². The van der Waals surface area contributed by atoms with Crippen molar-refractivity contribution in [1.29, 1.82) is 0 Å². The summed E-state index contributed by atoms with van der Waals surface area (Å²) in [5, 5.41) is 4.33. The molecule has 98 valence electrons. The van der Waals surface area contributed by atoms with Crippen LogP contribution in [0.5, 0.6) is 0 Å². The number of anilines is 1. The van der Waals surface area contributed by atoms with Crippen LogP contribution in [0.1, 0.15) is 17.0 Å². The Morgan fingerprint density at radius 1 is 1.26 bits per heavy atom. The number of benzene rings is 2. The number of halogens is 1. The number of aryl methyl sites for hydroxylation is 1. The van der Waals surface area contributed by atoms with Crippen LogP contribution in [0.4, 0.5) is 5.69 Å². The number of nitrogens with one attached hydrogen (secondary N) is 1. The average Bonchev–Trinajstić information content (AvgIpc) is 2.83. The van der Waals surface area contributed by atoms with E-state index in [0.29, 0.717) is 5.92 Å². The van der Waals surface area contributed by atoms with Crippen LogP contribution in [-0.4, -0.2) is 12.3 Å². The van der Waals surface area contributed by atoms with E-state index in [2.05, 4.69) is 42.6 Å². The molecular formula is C16H16ClNS. The van der Waals surface area contributed by atoms with Crippen molar-refractivity contribution >= 4 is 29.1 Å². The molecule has 0 saturated heterocycles. The lowest BCUT2D eigenvalue weighted by Gasteiger charge is -2.15. The minimum atomic E-state index is 0.583. The van der Waals surface area contributed by atoms with Crippen LogP contribution in [0.3, 0.4) is 0 Å². The van der Waals surface area contributed by atoms with Gasteiger partial charge in [-0.2, -0.15) is 0 Å². The van der Waals surface area contributed by atoms with Crippen molar-refractivity contribution < 1.29 is 0 Å². The van der Waals surface area contributed by atoms with Gasteiger partial charge in [-0.15, -0.1) is 11.8 Å². The Bertz CT molecular complexity index is 597. The molecule has 0 radical (unpaired) electrons. The van der Waals surface area contributed by atoms with E-state index >= 15 is 0 Å². The average molecular weight is 290 g/mol. The fourth-order valence-corrected chi connectivity index (χ4v) is 3.84. The van der Waals surface area contributed by atoms with Gasteiger partial charge in [-0.1, -0.05) is 35.9 Å². The molecule has 19 heavy (non-hydrogen) atoms. The molecular weight excluding hydrogens is 274 g/mol. The van der Waals surface area contributed by atoms with Crippen LogP contribution in [-0.2, 0) is 0 Å². The first-order valence-electron chi connectivity index (χ1n) is 6.46. The summed E-state index contributed by atoms with van der Waals surface area (Å²) in [6, 6.07) is 14.7. The Balaban J connectivity index is 1.72. The molecule has 1 heterocycles. The number of hydrogen-bond donors (Lipinski definition) is 1. The molecule has 0 amide bonds. The smallest absolute Gasteiger partial charge is 0.0426 e. The second-order valence-electron chi connectivity index (χ2n) is 4.89. The quantitative estimate of drug-likeness (QED) is 0.858. The number of hydrogen-bond acceptors (Lipinski definition) is 2.